The van der Waals surface area contributed by atoms with Crippen molar-refractivity contribution < 1.29 is 13.2 Å². The molecule has 1 aliphatic rings. The van der Waals surface area contributed by atoms with Crippen LogP contribution in [0, 0.1) is 26.7 Å². The SMILES string of the molecule is Cc1ccc(S(=O)(=O)NCC2CCCN(C(C)C(=O)Nc3ccc(C)cc3C)C2)cc1. The maximum absolute atomic E-state index is 12.8. The number of likely N-dealkylation sites (tertiary alicyclic amines) is 1. The molecule has 1 amide bonds. The summed E-state index contributed by atoms with van der Waals surface area (Å²) in [6.07, 6.45) is 1.89. The van der Waals surface area contributed by atoms with Gasteiger partial charge in [0, 0.05) is 18.8 Å². The number of nitrogens with one attached hydrogen (secondary N) is 2. The van der Waals surface area contributed by atoms with Gasteiger partial charge >= 0.3 is 0 Å². The third kappa shape index (κ3) is 6.15. The second-order valence-corrected chi connectivity index (χ2v) is 10.4. The van der Waals surface area contributed by atoms with Gasteiger partial charge in [-0.2, -0.15) is 0 Å². The molecule has 2 aromatic carbocycles. The lowest BCUT2D eigenvalue weighted by Gasteiger charge is -2.36. The van der Waals surface area contributed by atoms with Gasteiger partial charge in [0.15, 0.2) is 0 Å². The topological polar surface area (TPSA) is 78.5 Å². The van der Waals surface area contributed by atoms with Crippen molar-refractivity contribution in [2.45, 2.75) is 51.5 Å². The Morgan fingerprint density at radius 3 is 2.45 bits per heavy atom. The molecule has 1 aliphatic heterocycles. The highest BCUT2D eigenvalue weighted by atomic mass is 32.2. The van der Waals surface area contributed by atoms with Crippen molar-refractivity contribution in [2.75, 3.05) is 25.0 Å². The Kier molecular flexibility index (Phi) is 7.51. The minimum atomic E-state index is -3.53. The Morgan fingerprint density at radius 2 is 1.77 bits per heavy atom. The molecule has 168 valence electrons. The van der Waals surface area contributed by atoms with Crippen molar-refractivity contribution in [3.05, 3.63) is 59.2 Å². The highest BCUT2D eigenvalue weighted by Crippen LogP contribution is 2.21. The van der Waals surface area contributed by atoms with Crippen molar-refractivity contribution in [3.8, 4) is 0 Å². The Balaban J connectivity index is 1.56. The van der Waals surface area contributed by atoms with E-state index in [1.807, 2.05) is 39.8 Å². The number of hydrogen-bond donors (Lipinski definition) is 2. The van der Waals surface area contributed by atoms with Gasteiger partial charge in [-0.3, -0.25) is 9.69 Å². The molecule has 0 saturated carbocycles. The molecule has 3 rings (SSSR count). The molecule has 2 N–H and O–H groups in total. The van der Waals surface area contributed by atoms with Crippen LogP contribution in [0.25, 0.3) is 0 Å². The van der Waals surface area contributed by atoms with Crippen molar-refractivity contribution >= 4 is 21.6 Å². The first kappa shape index (κ1) is 23.4. The predicted molar refractivity (Wildman–Crippen MR) is 125 cm³/mol. The number of nitrogens with zero attached hydrogens (tertiary/aromatic N) is 1. The van der Waals surface area contributed by atoms with Crippen LogP contribution in [0.5, 0.6) is 0 Å². The second-order valence-electron chi connectivity index (χ2n) is 8.65. The summed E-state index contributed by atoms with van der Waals surface area (Å²) >= 11 is 0. The Hall–Kier alpha value is -2.22. The summed E-state index contributed by atoms with van der Waals surface area (Å²) in [5, 5.41) is 3.04. The lowest BCUT2D eigenvalue weighted by atomic mass is 9.97. The number of hydrogen-bond acceptors (Lipinski definition) is 4. The smallest absolute Gasteiger partial charge is 0.241 e. The van der Waals surface area contributed by atoms with E-state index in [1.165, 1.54) is 0 Å². The first-order valence-electron chi connectivity index (χ1n) is 10.8. The number of aryl methyl sites for hydroxylation is 3. The molecular weight excluding hydrogens is 410 g/mol. The molecule has 1 fully saturated rings. The van der Waals surface area contributed by atoms with E-state index in [0.717, 1.165) is 41.8 Å². The molecular formula is C24H33N3O3S. The number of rotatable bonds is 7. The molecule has 0 spiro atoms. The van der Waals surface area contributed by atoms with Crippen LogP contribution in [0.3, 0.4) is 0 Å². The number of carbonyl (C=O) groups is 1. The first-order valence-corrected chi connectivity index (χ1v) is 12.3. The summed E-state index contributed by atoms with van der Waals surface area (Å²) in [6, 6.07) is 12.6. The zero-order valence-corrected chi connectivity index (χ0v) is 19.6. The van der Waals surface area contributed by atoms with Crippen LogP contribution in [-0.4, -0.2) is 44.9 Å². The van der Waals surface area contributed by atoms with E-state index in [2.05, 4.69) is 21.0 Å². The number of anilines is 1. The highest BCUT2D eigenvalue weighted by Gasteiger charge is 2.28. The van der Waals surface area contributed by atoms with Gasteiger partial charge in [-0.05, 0) is 76.8 Å². The van der Waals surface area contributed by atoms with Crippen LogP contribution < -0.4 is 10.0 Å². The second kappa shape index (κ2) is 9.94. The van der Waals surface area contributed by atoms with E-state index in [0.29, 0.717) is 13.1 Å². The van der Waals surface area contributed by atoms with Crippen molar-refractivity contribution in [1.29, 1.82) is 0 Å². The molecule has 2 unspecified atom stereocenters. The lowest BCUT2D eigenvalue weighted by Crippen LogP contribution is -2.49. The minimum Gasteiger partial charge on any atom is -0.324 e. The van der Waals surface area contributed by atoms with E-state index in [-0.39, 0.29) is 22.8 Å². The number of piperidine rings is 1. The van der Waals surface area contributed by atoms with Gasteiger partial charge in [0.1, 0.15) is 0 Å². The maximum Gasteiger partial charge on any atom is 0.241 e. The summed E-state index contributed by atoms with van der Waals surface area (Å²) in [4.78, 5) is 15.3. The Bertz CT molecular complexity index is 1020. The number of benzene rings is 2. The molecule has 0 aliphatic carbocycles. The number of carbonyl (C=O) groups excluding carboxylic acids is 1. The fourth-order valence-corrected chi connectivity index (χ4v) is 5.12. The zero-order chi connectivity index (χ0) is 22.6. The van der Waals surface area contributed by atoms with E-state index in [1.54, 1.807) is 24.3 Å². The molecule has 0 bridgehead atoms. The third-order valence-electron chi connectivity index (χ3n) is 6.01. The lowest BCUT2D eigenvalue weighted by molar-refractivity contribution is -0.121. The normalized spacial score (nSPS) is 18.5. The van der Waals surface area contributed by atoms with E-state index in [9.17, 15) is 13.2 Å². The highest BCUT2D eigenvalue weighted by molar-refractivity contribution is 7.89. The number of sulfonamides is 1. The van der Waals surface area contributed by atoms with Crippen LogP contribution in [-0.2, 0) is 14.8 Å². The fraction of sp³-hybridized carbons (Fsp3) is 0.458. The average Bonchev–Trinajstić information content (AvgIpc) is 2.74. The fourth-order valence-electron chi connectivity index (χ4n) is 4.00. The predicted octanol–water partition coefficient (Wildman–Crippen LogP) is 3.63. The molecule has 1 heterocycles. The van der Waals surface area contributed by atoms with Gasteiger partial charge in [0.2, 0.25) is 15.9 Å². The monoisotopic (exact) mass is 443 g/mol. The Morgan fingerprint density at radius 1 is 1.10 bits per heavy atom. The summed E-state index contributed by atoms with van der Waals surface area (Å²) in [7, 11) is -3.53. The molecule has 31 heavy (non-hydrogen) atoms. The van der Waals surface area contributed by atoms with Crippen molar-refractivity contribution in [2.24, 2.45) is 5.92 Å². The van der Waals surface area contributed by atoms with Gasteiger partial charge in [-0.1, -0.05) is 35.4 Å². The van der Waals surface area contributed by atoms with Crippen LogP contribution in [0.2, 0.25) is 0 Å². The molecule has 0 aromatic heterocycles. The summed E-state index contributed by atoms with van der Waals surface area (Å²) < 4.78 is 27.9. The summed E-state index contributed by atoms with van der Waals surface area (Å²) in [5.74, 6) is 0.137. The minimum absolute atomic E-state index is 0.0344. The van der Waals surface area contributed by atoms with Crippen LogP contribution in [0.1, 0.15) is 36.5 Å². The Labute approximate surface area is 186 Å². The van der Waals surface area contributed by atoms with E-state index in [4.69, 9.17) is 0 Å². The van der Waals surface area contributed by atoms with Crippen LogP contribution >= 0.6 is 0 Å². The van der Waals surface area contributed by atoms with Crippen molar-refractivity contribution in [1.82, 2.24) is 9.62 Å². The molecule has 2 aromatic rings. The average molecular weight is 444 g/mol. The maximum atomic E-state index is 12.8. The summed E-state index contributed by atoms with van der Waals surface area (Å²) in [6.45, 7) is 9.76. The molecule has 1 saturated heterocycles. The molecule has 6 nitrogen and oxygen atoms in total. The van der Waals surface area contributed by atoms with Gasteiger partial charge in [-0.25, -0.2) is 13.1 Å². The van der Waals surface area contributed by atoms with Gasteiger partial charge < -0.3 is 5.32 Å². The number of amides is 1. The molecule has 2 atom stereocenters. The quantitative estimate of drug-likeness (QED) is 0.685. The van der Waals surface area contributed by atoms with E-state index >= 15 is 0 Å². The van der Waals surface area contributed by atoms with Crippen LogP contribution in [0.4, 0.5) is 5.69 Å². The van der Waals surface area contributed by atoms with E-state index < -0.39 is 10.0 Å². The standard InChI is InChI=1S/C24H33N3O3S/c1-17-7-10-22(11-8-17)31(29,30)25-15-21-6-5-13-27(16-21)20(4)24(28)26-23-12-9-18(2)14-19(23)3/h7-12,14,20-21,25H,5-6,13,15-16H2,1-4H3,(H,26,28). The first-order chi connectivity index (χ1) is 14.7. The van der Waals surface area contributed by atoms with Crippen molar-refractivity contribution in [3.63, 3.8) is 0 Å². The van der Waals surface area contributed by atoms with Gasteiger partial charge in [0.25, 0.3) is 0 Å². The zero-order valence-electron chi connectivity index (χ0n) is 18.8. The third-order valence-corrected chi connectivity index (χ3v) is 7.45. The largest absolute Gasteiger partial charge is 0.324 e. The summed E-state index contributed by atoms with van der Waals surface area (Å²) in [5.41, 5.74) is 4.06. The molecule has 0 radical (unpaired) electrons. The van der Waals surface area contributed by atoms with Gasteiger partial charge in [0.05, 0.1) is 10.9 Å². The molecule has 7 heteroatoms. The van der Waals surface area contributed by atoms with Gasteiger partial charge in [-0.15, -0.1) is 0 Å². The van der Waals surface area contributed by atoms with Crippen LogP contribution in [0.15, 0.2) is 47.4 Å².